The molecule has 0 saturated carbocycles. The molecule has 0 saturated heterocycles. The van der Waals surface area contributed by atoms with Crippen molar-refractivity contribution in [1.29, 1.82) is 0 Å². The number of benzene rings is 1. The van der Waals surface area contributed by atoms with Crippen LogP contribution in [0.25, 0.3) is 0 Å². The van der Waals surface area contributed by atoms with Gasteiger partial charge in [0.05, 0.1) is 0 Å². The van der Waals surface area contributed by atoms with Crippen LogP contribution in [0.1, 0.15) is 19.4 Å². The second-order valence-corrected chi connectivity index (χ2v) is 3.27. The Bertz CT molecular complexity index is 307. The highest BCUT2D eigenvalue weighted by molar-refractivity contribution is 5.33. The molecule has 0 spiro atoms. The van der Waals surface area contributed by atoms with Gasteiger partial charge in [-0.15, -0.1) is 0 Å². The minimum Gasteiger partial charge on any atom is -0.489 e. The predicted molar refractivity (Wildman–Crippen MR) is 64.1 cm³/mol. The lowest BCUT2D eigenvalue weighted by molar-refractivity contribution is 0.357. The van der Waals surface area contributed by atoms with Crippen LogP contribution in [0.15, 0.2) is 36.4 Å². The van der Waals surface area contributed by atoms with Gasteiger partial charge in [-0.2, -0.15) is 0 Å². The molecule has 2 nitrogen and oxygen atoms in total. The van der Waals surface area contributed by atoms with Crippen LogP contribution >= 0.6 is 0 Å². The highest BCUT2D eigenvalue weighted by Gasteiger charge is 2.00. The fourth-order valence-corrected chi connectivity index (χ4v) is 1.28. The molecule has 0 aromatic heterocycles. The van der Waals surface area contributed by atoms with Crippen molar-refractivity contribution < 1.29 is 4.74 Å². The van der Waals surface area contributed by atoms with E-state index in [1.165, 1.54) is 5.56 Å². The molecule has 1 N–H and O–H groups in total. The van der Waals surface area contributed by atoms with Crippen molar-refractivity contribution in [3.05, 3.63) is 42.0 Å². The number of hydrogen-bond donors (Lipinski definition) is 1. The van der Waals surface area contributed by atoms with Crippen LogP contribution in [0.2, 0.25) is 0 Å². The van der Waals surface area contributed by atoms with Crippen LogP contribution in [0.3, 0.4) is 0 Å². The third-order valence-corrected chi connectivity index (χ3v) is 2.11. The third-order valence-electron chi connectivity index (χ3n) is 2.11. The number of nitrogens with one attached hydrogen (secondary N) is 1. The van der Waals surface area contributed by atoms with Crippen LogP contribution in [0.4, 0.5) is 0 Å². The zero-order chi connectivity index (χ0) is 10.9. The van der Waals surface area contributed by atoms with Gasteiger partial charge in [-0.3, -0.25) is 0 Å². The molecule has 1 aromatic rings. The Morgan fingerprint density at radius 2 is 2.13 bits per heavy atom. The molecule has 0 fully saturated rings. The SMILES string of the molecule is C/C=C/COc1ccccc1CNCC. The number of ether oxygens (including phenoxy) is 1. The van der Waals surface area contributed by atoms with Crippen LogP contribution in [-0.4, -0.2) is 13.2 Å². The Morgan fingerprint density at radius 1 is 1.33 bits per heavy atom. The van der Waals surface area contributed by atoms with Gasteiger partial charge in [0.2, 0.25) is 0 Å². The first-order valence-electron chi connectivity index (χ1n) is 5.41. The summed E-state index contributed by atoms with van der Waals surface area (Å²) < 4.78 is 5.65. The van der Waals surface area contributed by atoms with E-state index in [0.717, 1.165) is 18.8 Å². The Balaban J connectivity index is 2.59. The standard InChI is InChI=1S/C13H19NO/c1-3-5-10-15-13-9-7-6-8-12(13)11-14-4-2/h3,5-9,14H,4,10-11H2,1-2H3/b5-3+. The summed E-state index contributed by atoms with van der Waals surface area (Å²) in [5.74, 6) is 0.969. The quantitative estimate of drug-likeness (QED) is 0.721. The molecule has 82 valence electrons. The molecule has 0 aliphatic carbocycles. The summed E-state index contributed by atoms with van der Waals surface area (Å²) in [6.07, 6.45) is 4.00. The monoisotopic (exact) mass is 205 g/mol. The van der Waals surface area contributed by atoms with Gasteiger partial charge in [-0.25, -0.2) is 0 Å². The van der Waals surface area contributed by atoms with Gasteiger partial charge in [-0.1, -0.05) is 37.3 Å². The summed E-state index contributed by atoms with van der Waals surface area (Å²) in [5.41, 5.74) is 1.21. The Kier molecular flexibility index (Phi) is 5.56. The zero-order valence-corrected chi connectivity index (χ0v) is 9.49. The Hall–Kier alpha value is -1.28. The van der Waals surface area contributed by atoms with Gasteiger partial charge in [0.1, 0.15) is 12.4 Å². The van der Waals surface area contributed by atoms with Gasteiger partial charge in [0, 0.05) is 12.1 Å². The second kappa shape index (κ2) is 7.07. The van der Waals surface area contributed by atoms with Gasteiger partial charge in [0.15, 0.2) is 0 Å². The molecule has 15 heavy (non-hydrogen) atoms. The third kappa shape index (κ3) is 4.17. The van der Waals surface area contributed by atoms with Crippen LogP contribution < -0.4 is 10.1 Å². The lowest BCUT2D eigenvalue weighted by atomic mass is 10.2. The lowest BCUT2D eigenvalue weighted by Gasteiger charge is -2.09. The van der Waals surface area contributed by atoms with Crippen molar-refractivity contribution in [1.82, 2.24) is 5.32 Å². The summed E-state index contributed by atoms with van der Waals surface area (Å²) in [4.78, 5) is 0. The number of allylic oxidation sites excluding steroid dienone is 1. The zero-order valence-electron chi connectivity index (χ0n) is 9.49. The van der Waals surface area contributed by atoms with E-state index in [1.54, 1.807) is 0 Å². The number of hydrogen-bond acceptors (Lipinski definition) is 2. The Morgan fingerprint density at radius 3 is 2.87 bits per heavy atom. The number of para-hydroxylation sites is 1. The van der Waals surface area contributed by atoms with Crippen LogP contribution in [-0.2, 0) is 6.54 Å². The van der Waals surface area contributed by atoms with E-state index in [2.05, 4.69) is 18.3 Å². The molecule has 0 bridgehead atoms. The summed E-state index contributed by atoms with van der Waals surface area (Å²) in [5, 5.41) is 3.30. The first-order chi connectivity index (χ1) is 7.38. The molecular formula is C13H19NO. The molecule has 0 aliphatic heterocycles. The fraction of sp³-hybridized carbons (Fsp3) is 0.385. The molecule has 0 amide bonds. The molecule has 0 heterocycles. The first kappa shape index (κ1) is 11.8. The molecule has 1 aromatic carbocycles. The lowest BCUT2D eigenvalue weighted by Crippen LogP contribution is -2.12. The van der Waals surface area contributed by atoms with Gasteiger partial charge in [0.25, 0.3) is 0 Å². The van der Waals surface area contributed by atoms with E-state index in [9.17, 15) is 0 Å². The van der Waals surface area contributed by atoms with E-state index in [4.69, 9.17) is 4.74 Å². The predicted octanol–water partition coefficient (Wildman–Crippen LogP) is 2.75. The van der Waals surface area contributed by atoms with E-state index in [0.29, 0.717) is 6.61 Å². The maximum atomic E-state index is 5.65. The van der Waals surface area contributed by atoms with Gasteiger partial charge < -0.3 is 10.1 Å². The summed E-state index contributed by atoms with van der Waals surface area (Å²) in [6.45, 7) is 6.57. The molecule has 0 aliphatic rings. The molecule has 0 unspecified atom stereocenters. The highest BCUT2D eigenvalue weighted by Crippen LogP contribution is 2.17. The van der Waals surface area contributed by atoms with E-state index in [-0.39, 0.29) is 0 Å². The highest BCUT2D eigenvalue weighted by atomic mass is 16.5. The minimum atomic E-state index is 0.639. The molecule has 1 rings (SSSR count). The Labute approximate surface area is 92.0 Å². The van der Waals surface area contributed by atoms with Crippen molar-refractivity contribution >= 4 is 0 Å². The molecule has 2 heteroatoms. The summed E-state index contributed by atoms with van der Waals surface area (Å²) in [7, 11) is 0. The van der Waals surface area contributed by atoms with E-state index in [1.807, 2.05) is 37.3 Å². The summed E-state index contributed by atoms with van der Waals surface area (Å²) in [6, 6.07) is 8.14. The fourth-order valence-electron chi connectivity index (χ4n) is 1.28. The first-order valence-corrected chi connectivity index (χ1v) is 5.41. The summed E-state index contributed by atoms with van der Waals surface area (Å²) >= 11 is 0. The van der Waals surface area contributed by atoms with Crippen molar-refractivity contribution in [2.75, 3.05) is 13.2 Å². The normalized spacial score (nSPS) is 10.8. The maximum Gasteiger partial charge on any atom is 0.124 e. The largest absolute Gasteiger partial charge is 0.489 e. The van der Waals surface area contributed by atoms with Gasteiger partial charge >= 0.3 is 0 Å². The average molecular weight is 205 g/mol. The average Bonchev–Trinajstić information content (AvgIpc) is 2.28. The van der Waals surface area contributed by atoms with Crippen molar-refractivity contribution in [2.24, 2.45) is 0 Å². The second-order valence-electron chi connectivity index (χ2n) is 3.27. The molecular weight excluding hydrogens is 186 g/mol. The topological polar surface area (TPSA) is 21.3 Å². The van der Waals surface area contributed by atoms with Crippen LogP contribution in [0.5, 0.6) is 5.75 Å². The van der Waals surface area contributed by atoms with Crippen LogP contribution in [0, 0.1) is 0 Å². The van der Waals surface area contributed by atoms with Crippen molar-refractivity contribution in [3.63, 3.8) is 0 Å². The molecule has 0 radical (unpaired) electrons. The smallest absolute Gasteiger partial charge is 0.124 e. The van der Waals surface area contributed by atoms with Crippen molar-refractivity contribution in [2.45, 2.75) is 20.4 Å². The minimum absolute atomic E-state index is 0.639. The van der Waals surface area contributed by atoms with E-state index < -0.39 is 0 Å². The van der Waals surface area contributed by atoms with Crippen molar-refractivity contribution in [3.8, 4) is 5.75 Å². The number of rotatable bonds is 6. The maximum absolute atomic E-state index is 5.65. The van der Waals surface area contributed by atoms with Gasteiger partial charge in [-0.05, 0) is 19.5 Å². The molecule has 0 atom stereocenters. The van der Waals surface area contributed by atoms with E-state index >= 15 is 0 Å².